The predicted octanol–water partition coefficient (Wildman–Crippen LogP) is 2.88. The SMILES string of the molecule is CC(OCCCOc1ccccc1CN)C(F)(F)F. The quantitative estimate of drug-likeness (QED) is 0.779. The Morgan fingerprint density at radius 1 is 1.21 bits per heavy atom. The van der Waals surface area contributed by atoms with Gasteiger partial charge in [-0.05, 0) is 13.0 Å². The molecular formula is C13H18F3NO2. The standard InChI is InChI=1S/C13H18F3NO2/c1-10(13(14,15)16)18-7-4-8-19-12-6-3-2-5-11(12)9-17/h2-3,5-6,10H,4,7-9,17H2,1H3. The number of ether oxygens (including phenoxy) is 2. The van der Waals surface area contributed by atoms with Gasteiger partial charge in [0.1, 0.15) is 5.75 Å². The van der Waals surface area contributed by atoms with Crippen LogP contribution < -0.4 is 10.5 Å². The molecule has 108 valence electrons. The molecule has 1 unspecified atom stereocenters. The monoisotopic (exact) mass is 277 g/mol. The normalized spacial score (nSPS) is 13.3. The van der Waals surface area contributed by atoms with Crippen molar-refractivity contribution in [3.63, 3.8) is 0 Å². The van der Waals surface area contributed by atoms with Gasteiger partial charge < -0.3 is 15.2 Å². The summed E-state index contributed by atoms with van der Waals surface area (Å²) in [7, 11) is 0. The first-order valence-corrected chi connectivity index (χ1v) is 6.04. The molecule has 0 aromatic heterocycles. The maximum absolute atomic E-state index is 12.2. The van der Waals surface area contributed by atoms with Crippen molar-refractivity contribution in [1.82, 2.24) is 0 Å². The van der Waals surface area contributed by atoms with Gasteiger partial charge in [-0.15, -0.1) is 0 Å². The van der Waals surface area contributed by atoms with E-state index in [1.165, 1.54) is 0 Å². The van der Waals surface area contributed by atoms with Gasteiger partial charge in [-0.25, -0.2) is 0 Å². The van der Waals surface area contributed by atoms with Crippen molar-refractivity contribution in [2.24, 2.45) is 5.73 Å². The van der Waals surface area contributed by atoms with Gasteiger partial charge in [0.15, 0.2) is 6.10 Å². The van der Waals surface area contributed by atoms with Crippen LogP contribution >= 0.6 is 0 Å². The Bertz CT molecular complexity index is 382. The minimum atomic E-state index is -4.31. The van der Waals surface area contributed by atoms with E-state index in [0.29, 0.717) is 25.3 Å². The highest BCUT2D eigenvalue weighted by Crippen LogP contribution is 2.22. The van der Waals surface area contributed by atoms with Crippen molar-refractivity contribution in [2.45, 2.75) is 32.2 Å². The van der Waals surface area contributed by atoms with Crippen LogP contribution in [0, 0.1) is 0 Å². The molecule has 6 heteroatoms. The molecule has 0 bridgehead atoms. The summed E-state index contributed by atoms with van der Waals surface area (Å²) in [5.74, 6) is 0.661. The van der Waals surface area contributed by atoms with Gasteiger partial charge in [0.25, 0.3) is 0 Å². The lowest BCUT2D eigenvalue weighted by Crippen LogP contribution is -2.29. The molecule has 1 aromatic rings. The summed E-state index contributed by atoms with van der Waals surface area (Å²) < 4.78 is 46.6. The number of hydrogen-bond donors (Lipinski definition) is 1. The number of para-hydroxylation sites is 1. The van der Waals surface area contributed by atoms with Crippen LogP contribution in [0.25, 0.3) is 0 Å². The molecule has 0 fully saturated rings. The molecule has 0 radical (unpaired) electrons. The van der Waals surface area contributed by atoms with Crippen LogP contribution in [0.3, 0.4) is 0 Å². The van der Waals surface area contributed by atoms with Crippen molar-refractivity contribution in [1.29, 1.82) is 0 Å². The van der Waals surface area contributed by atoms with E-state index in [0.717, 1.165) is 12.5 Å². The van der Waals surface area contributed by atoms with E-state index in [-0.39, 0.29) is 6.61 Å². The first kappa shape index (κ1) is 15.8. The van der Waals surface area contributed by atoms with E-state index in [4.69, 9.17) is 10.5 Å². The van der Waals surface area contributed by atoms with Crippen molar-refractivity contribution in [3.8, 4) is 5.75 Å². The molecule has 1 aromatic carbocycles. The Morgan fingerprint density at radius 2 is 1.89 bits per heavy atom. The molecule has 0 amide bonds. The van der Waals surface area contributed by atoms with Gasteiger partial charge in [-0.2, -0.15) is 13.2 Å². The maximum Gasteiger partial charge on any atom is 0.414 e. The fraction of sp³-hybridized carbons (Fsp3) is 0.538. The molecule has 0 aliphatic carbocycles. The molecule has 1 rings (SSSR count). The lowest BCUT2D eigenvalue weighted by molar-refractivity contribution is -0.214. The third-order valence-corrected chi connectivity index (χ3v) is 2.57. The average Bonchev–Trinajstić information content (AvgIpc) is 2.37. The molecule has 0 saturated heterocycles. The van der Waals surface area contributed by atoms with Crippen LogP contribution in [0.1, 0.15) is 18.9 Å². The number of hydrogen-bond acceptors (Lipinski definition) is 3. The van der Waals surface area contributed by atoms with Gasteiger partial charge in [0, 0.05) is 18.5 Å². The van der Waals surface area contributed by atoms with Crippen LogP contribution in [0.5, 0.6) is 5.75 Å². The largest absolute Gasteiger partial charge is 0.493 e. The summed E-state index contributed by atoms with van der Waals surface area (Å²) in [5.41, 5.74) is 6.41. The van der Waals surface area contributed by atoms with Gasteiger partial charge in [0.2, 0.25) is 0 Å². The molecule has 0 heterocycles. The number of alkyl halides is 3. The Labute approximate surface area is 110 Å². The van der Waals surface area contributed by atoms with Gasteiger partial charge >= 0.3 is 6.18 Å². The highest BCUT2D eigenvalue weighted by molar-refractivity contribution is 5.32. The number of nitrogens with two attached hydrogens (primary N) is 1. The average molecular weight is 277 g/mol. The van der Waals surface area contributed by atoms with Gasteiger partial charge in [-0.3, -0.25) is 0 Å². The van der Waals surface area contributed by atoms with E-state index in [2.05, 4.69) is 4.74 Å². The van der Waals surface area contributed by atoms with E-state index in [1.807, 2.05) is 18.2 Å². The van der Waals surface area contributed by atoms with E-state index in [9.17, 15) is 13.2 Å². The van der Waals surface area contributed by atoms with E-state index < -0.39 is 12.3 Å². The molecule has 3 nitrogen and oxygen atoms in total. The van der Waals surface area contributed by atoms with Crippen molar-refractivity contribution in [2.75, 3.05) is 13.2 Å². The molecule has 0 aliphatic heterocycles. The van der Waals surface area contributed by atoms with Crippen LogP contribution in [-0.2, 0) is 11.3 Å². The van der Waals surface area contributed by atoms with Crippen LogP contribution in [0.4, 0.5) is 13.2 Å². The molecule has 0 aliphatic rings. The second-order valence-electron chi connectivity index (χ2n) is 4.07. The van der Waals surface area contributed by atoms with Crippen molar-refractivity contribution in [3.05, 3.63) is 29.8 Å². The first-order chi connectivity index (χ1) is 8.95. The minimum Gasteiger partial charge on any atom is -0.493 e. The number of benzene rings is 1. The number of rotatable bonds is 7. The summed E-state index contributed by atoms with van der Waals surface area (Å²) >= 11 is 0. The highest BCUT2D eigenvalue weighted by Gasteiger charge is 2.36. The molecule has 19 heavy (non-hydrogen) atoms. The van der Waals surface area contributed by atoms with E-state index >= 15 is 0 Å². The maximum atomic E-state index is 12.2. The van der Waals surface area contributed by atoms with Gasteiger partial charge in [-0.1, -0.05) is 18.2 Å². The molecular weight excluding hydrogens is 259 g/mol. The second-order valence-corrected chi connectivity index (χ2v) is 4.07. The molecule has 0 spiro atoms. The van der Waals surface area contributed by atoms with Crippen molar-refractivity contribution >= 4 is 0 Å². The van der Waals surface area contributed by atoms with Crippen LogP contribution in [0.15, 0.2) is 24.3 Å². The molecule has 2 N–H and O–H groups in total. The number of halogens is 3. The lowest BCUT2D eigenvalue weighted by atomic mass is 10.2. The zero-order valence-electron chi connectivity index (χ0n) is 10.7. The summed E-state index contributed by atoms with van der Waals surface area (Å²) in [4.78, 5) is 0. The fourth-order valence-electron chi connectivity index (χ4n) is 1.41. The fourth-order valence-corrected chi connectivity index (χ4v) is 1.41. The van der Waals surface area contributed by atoms with Gasteiger partial charge in [0.05, 0.1) is 13.2 Å². The molecule has 1 atom stereocenters. The summed E-state index contributed by atoms with van der Waals surface area (Å²) in [6, 6.07) is 7.29. The Kier molecular flexibility index (Phi) is 6.11. The summed E-state index contributed by atoms with van der Waals surface area (Å²) in [5, 5.41) is 0. The highest BCUT2D eigenvalue weighted by atomic mass is 19.4. The minimum absolute atomic E-state index is 0.00543. The topological polar surface area (TPSA) is 44.5 Å². The predicted molar refractivity (Wildman–Crippen MR) is 65.9 cm³/mol. The smallest absolute Gasteiger partial charge is 0.414 e. The zero-order valence-corrected chi connectivity index (χ0v) is 10.7. The Hall–Kier alpha value is -1.27. The van der Waals surface area contributed by atoms with E-state index in [1.54, 1.807) is 6.07 Å². The van der Waals surface area contributed by atoms with Crippen LogP contribution in [0.2, 0.25) is 0 Å². The summed E-state index contributed by atoms with van der Waals surface area (Å²) in [6.45, 7) is 1.65. The summed E-state index contributed by atoms with van der Waals surface area (Å²) in [6.07, 6.45) is -5.67. The zero-order chi connectivity index (χ0) is 14.3. The molecule has 0 saturated carbocycles. The third kappa shape index (κ3) is 5.48. The second kappa shape index (κ2) is 7.35. The first-order valence-electron chi connectivity index (χ1n) is 6.04. The van der Waals surface area contributed by atoms with Crippen LogP contribution in [-0.4, -0.2) is 25.5 Å². The lowest BCUT2D eigenvalue weighted by Gasteiger charge is -2.16. The third-order valence-electron chi connectivity index (χ3n) is 2.57. The Morgan fingerprint density at radius 3 is 2.53 bits per heavy atom. The van der Waals surface area contributed by atoms with Crippen molar-refractivity contribution < 1.29 is 22.6 Å². The Balaban J connectivity index is 2.24.